The van der Waals surface area contributed by atoms with Crippen molar-refractivity contribution in [2.24, 2.45) is 0 Å². The van der Waals surface area contributed by atoms with Gasteiger partial charge in [-0.25, -0.2) is 14.1 Å². The molecule has 8 heteroatoms. The standard InChI is InChI=1S/C14H14FN5OS/c1-9(2)20-14(17-18-19-20)22-8-12-7-21-13(16-12)10-4-3-5-11(15)6-10/h3-7,9H,8H2,1-2H3. The van der Waals surface area contributed by atoms with Gasteiger partial charge in [0.1, 0.15) is 12.1 Å². The van der Waals surface area contributed by atoms with Gasteiger partial charge in [0.25, 0.3) is 0 Å². The Balaban J connectivity index is 1.71. The van der Waals surface area contributed by atoms with Crippen LogP contribution in [0.15, 0.2) is 40.1 Å². The van der Waals surface area contributed by atoms with Crippen LogP contribution in [0, 0.1) is 5.82 Å². The van der Waals surface area contributed by atoms with Crippen molar-refractivity contribution < 1.29 is 8.81 Å². The van der Waals surface area contributed by atoms with E-state index in [2.05, 4.69) is 20.5 Å². The topological polar surface area (TPSA) is 69.6 Å². The molecule has 22 heavy (non-hydrogen) atoms. The lowest BCUT2D eigenvalue weighted by Crippen LogP contribution is -2.04. The number of halogens is 1. The van der Waals surface area contributed by atoms with Gasteiger partial charge in [-0.05, 0) is 42.5 Å². The van der Waals surface area contributed by atoms with Crippen LogP contribution in [0.1, 0.15) is 25.6 Å². The van der Waals surface area contributed by atoms with Crippen molar-refractivity contribution in [3.63, 3.8) is 0 Å². The Morgan fingerprint density at radius 1 is 1.36 bits per heavy atom. The molecule has 0 aliphatic rings. The van der Waals surface area contributed by atoms with Gasteiger partial charge >= 0.3 is 0 Å². The summed E-state index contributed by atoms with van der Waals surface area (Å²) < 4.78 is 20.4. The second-order valence-electron chi connectivity index (χ2n) is 4.94. The minimum absolute atomic E-state index is 0.192. The number of hydrogen-bond acceptors (Lipinski definition) is 6. The molecule has 0 amide bonds. The van der Waals surface area contributed by atoms with E-state index in [0.717, 1.165) is 10.9 Å². The van der Waals surface area contributed by atoms with Crippen LogP contribution in [-0.4, -0.2) is 25.2 Å². The molecule has 0 radical (unpaired) electrons. The van der Waals surface area contributed by atoms with Gasteiger partial charge in [0, 0.05) is 11.3 Å². The summed E-state index contributed by atoms with van der Waals surface area (Å²) in [6.07, 6.45) is 1.57. The van der Waals surface area contributed by atoms with Crippen molar-refractivity contribution in [3.8, 4) is 11.5 Å². The monoisotopic (exact) mass is 319 g/mol. The third-order valence-corrected chi connectivity index (χ3v) is 3.89. The molecule has 0 atom stereocenters. The molecule has 0 spiro atoms. The largest absolute Gasteiger partial charge is 0.444 e. The Labute approximate surface area is 130 Å². The van der Waals surface area contributed by atoms with Gasteiger partial charge in [-0.2, -0.15) is 0 Å². The molecule has 0 fully saturated rings. The van der Waals surface area contributed by atoms with Gasteiger partial charge in [-0.3, -0.25) is 0 Å². The highest BCUT2D eigenvalue weighted by Gasteiger charge is 2.12. The fraction of sp³-hybridized carbons (Fsp3) is 0.286. The predicted octanol–water partition coefficient (Wildman–Crippen LogP) is 3.34. The second kappa shape index (κ2) is 6.27. The van der Waals surface area contributed by atoms with Crippen LogP contribution in [0.2, 0.25) is 0 Å². The van der Waals surface area contributed by atoms with E-state index in [4.69, 9.17) is 4.42 Å². The first-order valence-electron chi connectivity index (χ1n) is 6.74. The first-order chi connectivity index (χ1) is 10.6. The van der Waals surface area contributed by atoms with Gasteiger partial charge in [0.2, 0.25) is 11.0 Å². The summed E-state index contributed by atoms with van der Waals surface area (Å²) in [5.74, 6) is 0.660. The SMILES string of the molecule is CC(C)n1nnnc1SCc1coc(-c2cccc(F)c2)n1. The van der Waals surface area contributed by atoms with Crippen LogP contribution in [0.25, 0.3) is 11.5 Å². The molecule has 6 nitrogen and oxygen atoms in total. The highest BCUT2D eigenvalue weighted by molar-refractivity contribution is 7.98. The van der Waals surface area contributed by atoms with Crippen molar-refractivity contribution >= 4 is 11.8 Å². The number of aromatic nitrogens is 5. The molecule has 0 bridgehead atoms. The lowest BCUT2D eigenvalue weighted by molar-refractivity contribution is 0.477. The lowest BCUT2D eigenvalue weighted by atomic mass is 10.2. The maximum Gasteiger partial charge on any atom is 0.226 e. The third-order valence-electron chi connectivity index (χ3n) is 2.92. The van der Waals surface area contributed by atoms with Crippen LogP contribution < -0.4 is 0 Å². The van der Waals surface area contributed by atoms with E-state index in [1.165, 1.54) is 23.9 Å². The Kier molecular flexibility index (Phi) is 4.19. The number of benzene rings is 1. The molecule has 114 valence electrons. The smallest absolute Gasteiger partial charge is 0.226 e. The molecule has 0 aliphatic heterocycles. The lowest BCUT2D eigenvalue weighted by Gasteiger charge is -2.05. The Morgan fingerprint density at radius 3 is 3.00 bits per heavy atom. The van der Waals surface area contributed by atoms with Gasteiger partial charge in [0.15, 0.2) is 0 Å². The molecule has 0 saturated carbocycles. The van der Waals surface area contributed by atoms with Crippen LogP contribution in [-0.2, 0) is 5.75 Å². The fourth-order valence-corrected chi connectivity index (χ4v) is 2.75. The number of tetrazole rings is 1. The van der Waals surface area contributed by atoms with E-state index in [0.29, 0.717) is 17.2 Å². The zero-order chi connectivity index (χ0) is 15.5. The Hall–Kier alpha value is -2.22. The molecule has 0 saturated heterocycles. The molecule has 0 unspecified atom stereocenters. The van der Waals surface area contributed by atoms with Gasteiger partial charge in [-0.15, -0.1) is 5.10 Å². The number of nitrogens with zero attached hydrogens (tertiary/aromatic N) is 5. The minimum Gasteiger partial charge on any atom is -0.444 e. The van der Waals surface area contributed by atoms with E-state index in [1.807, 2.05) is 13.8 Å². The summed E-state index contributed by atoms with van der Waals surface area (Å²) in [5.41, 5.74) is 1.37. The van der Waals surface area contributed by atoms with Gasteiger partial charge in [0.05, 0.1) is 11.7 Å². The van der Waals surface area contributed by atoms with E-state index >= 15 is 0 Å². The summed E-state index contributed by atoms with van der Waals surface area (Å²) in [7, 11) is 0. The predicted molar refractivity (Wildman–Crippen MR) is 79.7 cm³/mol. The summed E-state index contributed by atoms with van der Waals surface area (Å²) >= 11 is 1.48. The van der Waals surface area contributed by atoms with E-state index in [1.54, 1.807) is 23.1 Å². The van der Waals surface area contributed by atoms with Crippen molar-refractivity contribution in [2.45, 2.75) is 30.8 Å². The molecule has 0 N–H and O–H groups in total. The number of oxazole rings is 1. The van der Waals surface area contributed by atoms with Crippen molar-refractivity contribution in [3.05, 3.63) is 42.0 Å². The van der Waals surface area contributed by atoms with Crippen molar-refractivity contribution in [2.75, 3.05) is 0 Å². The van der Waals surface area contributed by atoms with Crippen molar-refractivity contribution in [1.29, 1.82) is 0 Å². The zero-order valence-electron chi connectivity index (χ0n) is 12.1. The molecular formula is C14H14FN5OS. The highest BCUT2D eigenvalue weighted by atomic mass is 32.2. The molecule has 1 aromatic carbocycles. The van der Waals surface area contributed by atoms with Crippen LogP contribution in [0.5, 0.6) is 0 Å². The first kappa shape index (κ1) is 14.7. The molecule has 3 aromatic rings. The fourth-order valence-electron chi connectivity index (χ4n) is 1.87. The van der Waals surface area contributed by atoms with Crippen molar-refractivity contribution in [1.82, 2.24) is 25.2 Å². The number of rotatable bonds is 5. The van der Waals surface area contributed by atoms with Gasteiger partial charge < -0.3 is 4.42 Å². The van der Waals surface area contributed by atoms with Crippen LogP contribution in [0.4, 0.5) is 4.39 Å². The molecule has 3 rings (SSSR count). The zero-order valence-corrected chi connectivity index (χ0v) is 12.9. The quantitative estimate of drug-likeness (QED) is 0.672. The average Bonchev–Trinajstić information content (AvgIpc) is 3.14. The average molecular weight is 319 g/mol. The molecule has 2 heterocycles. The molecular weight excluding hydrogens is 305 g/mol. The summed E-state index contributed by atoms with van der Waals surface area (Å²) in [6, 6.07) is 6.35. The van der Waals surface area contributed by atoms with Gasteiger partial charge in [-0.1, -0.05) is 17.8 Å². The summed E-state index contributed by atoms with van der Waals surface area (Å²) in [4.78, 5) is 4.36. The number of thioether (sulfide) groups is 1. The summed E-state index contributed by atoms with van der Waals surface area (Å²) in [6.45, 7) is 4.02. The van der Waals surface area contributed by atoms with E-state index < -0.39 is 0 Å². The second-order valence-corrected chi connectivity index (χ2v) is 5.89. The normalized spacial score (nSPS) is 11.3. The Bertz CT molecular complexity index is 770. The van der Waals surface area contributed by atoms with Crippen LogP contribution >= 0.6 is 11.8 Å². The minimum atomic E-state index is -0.317. The molecule has 2 aromatic heterocycles. The maximum atomic E-state index is 13.2. The third kappa shape index (κ3) is 3.16. The maximum absolute atomic E-state index is 13.2. The Morgan fingerprint density at radius 2 is 2.23 bits per heavy atom. The summed E-state index contributed by atoms with van der Waals surface area (Å²) in [5, 5.41) is 12.3. The van der Waals surface area contributed by atoms with E-state index in [-0.39, 0.29) is 11.9 Å². The number of hydrogen-bond donors (Lipinski definition) is 0. The molecule has 0 aliphatic carbocycles. The first-order valence-corrected chi connectivity index (χ1v) is 7.73. The van der Waals surface area contributed by atoms with Crippen LogP contribution in [0.3, 0.4) is 0 Å². The highest BCUT2D eigenvalue weighted by Crippen LogP contribution is 2.24. The van der Waals surface area contributed by atoms with E-state index in [9.17, 15) is 4.39 Å².